The number of fused-ring (bicyclic) bond motifs is 2. The van der Waals surface area contributed by atoms with Crippen molar-refractivity contribution in [3.05, 3.63) is 109 Å². The van der Waals surface area contributed by atoms with Crippen molar-refractivity contribution in [1.82, 2.24) is 25.8 Å². The molecule has 2 saturated heterocycles. The van der Waals surface area contributed by atoms with Gasteiger partial charge in [-0.3, -0.25) is 48.1 Å². The Kier molecular flexibility index (Phi) is 27.1. The monoisotopic (exact) mass is 1510 g/mol. The summed E-state index contributed by atoms with van der Waals surface area (Å²) in [5.41, 5.74) is 4.00. The number of benzene rings is 4. The molecule has 10 N–H and O–H groups in total. The molecule has 1 unspecified atom stereocenters. The minimum absolute atomic E-state index is 0.0159. The number of imide groups is 1. The minimum Gasteiger partial charge on any atom is -0.507 e. The van der Waals surface area contributed by atoms with E-state index in [-0.39, 0.29) is 148 Å². The van der Waals surface area contributed by atoms with Crippen LogP contribution in [0, 0.1) is 54.3 Å². The van der Waals surface area contributed by atoms with E-state index in [1.54, 1.807) is 69.3 Å². The molecule has 29 heteroatoms. The molecule has 5 aromatic rings. The molecule has 5 heterocycles. The van der Waals surface area contributed by atoms with Gasteiger partial charge in [0.05, 0.1) is 35.1 Å². The zero-order chi connectivity index (χ0) is 79.6. The Morgan fingerprint density at radius 2 is 1.58 bits per heavy atom. The summed E-state index contributed by atoms with van der Waals surface area (Å²) < 4.78 is 36.7. The molecule has 1 aromatic heterocycles. The number of aliphatic hydroxyl groups excluding tert-OH is 2. The van der Waals surface area contributed by atoms with E-state index in [9.17, 15) is 63.3 Å². The van der Waals surface area contributed by atoms with Gasteiger partial charge in [0.25, 0.3) is 5.91 Å². The zero-order valence-corrected chi connectivity index (χ0v) is 64.2. The maximum Gasteiger partial charge on any atom is 0.407 e. The summed E-state index contributed by atoms with van der Waals surface area (Å²) in [4.78, 5) is 155. The fourth-order valence-corrected chi connectivity index (χ4v) is 14.8. The van der Waals surface area contributed by atoms with Crippen LogP contribution in [0.3, 0.4) is 0 Å². The number of amides is 8. The summed E-state index contributed by atoms with van der Waals surface area (Å²) >= 11 is 0. The molecule has 8 amide bonds. The van der Waals surface area contributed by atoms with Crippen LogP contribution < -0.4 is 58.0 Å². The van der Waals surface area contributed by atoms with Crippen LogP contribution in [0.25, 0.3) is 38.7 Å². The number of aromatic hydroxyl groups is 1. The number of carbonyl (C=O) groups is 9. The first kappa shape index (κ1) is 82.6. The van der Waals surface area contributed by atoms with E-state index >= 15 is 4.79 Å². The fourth-order valence-electron chi connectivity index (χ4n) is 14.8. The maximum atomic E-state index is 15.2. The number of ketones is 1. The number of aromatic nitrogens is 1. The molecule has 0 aliphatic carbocycles. The quantitative estimate of drug-likeness (QED) is 0.00969. The van der Waals surface area contributed by atoms with Crippen molar-refractivity contribution in [3.8, 4) is 11.5 Å². The van der Waals surface area contributed by atoms with E-state index in [0.717, 1.165) is 0 Å². The molecule has 9 rings (SSSR count). The number of phenols is 1. The number of methoxy groups -OCH3 is 1. The van der Waals surface area contributed by atoms with Crippen LogP contribution in [0.15, 0.2) is 86.5 Å². The summed E-state index contributed by atoms with van der Waals surface area (Å²) in [5.74, 6) is -9.34. The molecule has 4 aliphatic heterocycles. The van der Waals surface area contributed by atoms with Gasteiger partial charge in [-0.1, -0.05) is 92.2 Å². The number of Topliss-reactive ketones (excluding diaryl/α,β-unsaturated/α-hetero) is 1. The van der Waals surface area contributed by atoms with Gasteiger partial charge < -0.3 is 80.6 Å². The lowest BCUT2D eigenvalue weighted by molar-refractivity contribution is -0.157. The Labute approximate surface area is 631 Å². The van der Waals surface area contributed by atoms with E-state index in [1.165, 1.54) is 58.1 Å². The molecule has 4 aliphatic rings. The summed E-state index contributed by atoms with van der Waals surface area (Å²) in [6.07, 6.45) is 7.72. The van der Waals surface area contributed by atoms with Crippen molar-refractivity contribution in [2.24, 2.45) is 53.1 Å². The molecule has 4 aromatic carbocycles. The number of likely N-dealkylation sites (tertiary alicyclic amines) is 1. The topological polar surface area (TPSA) is 413 Å². The highest BCUT2D eigenvalue weighted by Gasteiger charge is 2.45. The van der Waals surface area contributed by atoms with Crippen LogP contribution in [-0.2, 0) is 59.1 Å². The van der Waals surface area contributed by atoms with Crippen molar-refractivity contribution in [1.29, 1.82) is 0 Å². The van der Waals surface area contributed by atoms with Gasteiger partial charge >= 0.3 is 23.9 Å². The van der Waals surface area contributed by atoms with Crippen LogP contribution in [0.1, 0.15) is 151 Å². The van der Waals surface area contributed by atoms with Crippen LogP contribution in [0.4, 0.5) is 26.7 Å². The smallest absolute Gasteiger partial charge is 0.407 e. The molecule has 0 spiro atoms. The Balaban J connectivity index is 0.886. The van der Waals surface area contributed by atoms with E-state index in [0.29, 0.717) is 75.1 Å². The number of phenolic OH excluding ortho intramolecular Hbond substituents is 1. The maximum absolute atomic E-state index is 15.2. The predicted octanol–water partition coefficient (Wildman–Crippen LogP) is 8.79. The molecule has 0 radical (unpaired) electrons. The third kappa shape index (κ3) is 19.2. The average molecular weight is 1510 g/mol. The number of nitrogens with one attached hydrogen (secondary N) is 5. The van der Waals surface area contributed by atoms with Crippen LogP contribution in [0.5, 0.6) is 11.5 Å². The lowest BCUT2D eigenvalue weighted by Crippen LogP contribution is -2.45. The summed E-state index contributed by atoms with van der Waals surface area (Å²) in [6.45, 7) is 21.5. The normalized spacial score (nSPS) is 24.6. The lowest BCUT2D eigenvalue weighted by Gasteiger charge is -2.39. The number of alkyl carbamates (subject to hydrolysis) is 1. The molecule has 588 valence electrons. The Morgan fingerprint density at radius 3 is 2.23 bits per heavy atom. The van der Waals surface area contributed by atoms with Gasteiger partial charge in [-0.05, 0) is 99.8 Å². The number of esters is 1. The number of piperidine rings is 1. The van der Waals surface area contributed by atoms with E-state index in [1.807, 2.05) is 39.5 Å². The first-order valence-electron chi connectivity index (χ1n) is 37.4. The minimum atomic E-state index is -2.03. The molecule has 12 atom stereocenters. The van der Waals surface area contributed by atoms with Crippen molar-refractivity contribution < 1.29 is 86.6 Å². The average Bonchev–Trinajstić information content (AvgIpc) is 1.65. The number of urea groups is 1. The van der Waals surface area contributed by atoms with Crippen LogP contribution in [-0.4, -0.2) is 148 Å². The lowest BCUT2D eigenvalue weighted by atomic mass is 9.73. The molecule has 4 bridgehead atoms. The van der Waals surface area contributed by atoms with Crippen molar-refractivity contribution in [2.45, 2.75) is 190 Å². The Bertz CT molecular complexity index is 4580. The second-order valence-electron chi connectivity index (χ2n) is 30.0. The van der Waals surface area contributed by atoms with Gasteiger partial charge in [-0.2, -0.15) is 0 Å². The molecule has 29 nitrogen and oxygen atoms in total. The number of aliphatic hydroxyl groups is 2. The van der Waals surface area contributed by atoms with E-state index < -0.39 is 111 Å². The molecular formula is C80H103N9O20. The number of nitrogens with zero attached hydrogens (tertiary/aromatic N) is 3. The van der Waals surface area contributed by atoms with E-state index in [4.69, 9.17) is 38.8 Å². The fraction of sp³-hybridized carbons (Fsp3) is 0.525. The summed E-state index contributed by atoms with van der Waals surface area (Å²) in [6, 6.07) is 7.52. The molecule has 109 heavy (non-hydrogen) atoms. The number of hydrogen-bond acceptors (Lipinski definition) is 22. The zero-order valence-electron chi connectivity index (χ0n) is 64.2. The molecule has 0 saturated carbocycles. The number of anilines is 3. The SMILES string of the molecule is CO[C@H]1/C=C/O[C@@]2(C)Oc3c(C)c(O)c4c(=O)c(c5oc6cc(N7CCC(NC(=O)OCc8ccc(NC(=O)[C@H](CCCNC(N)=O)CC(=O)[C@@H](NC(=O)CCCCCN9C(=O)CC(C)C9=O)C(C)C)cc8)CC7)cc(=O)c6nc5c4c3=C2O)NC(=O)/C(C)=C\C=C\[C@H](C)[C@H](O)[C@@H](C)[C@@H](C)[C@@H](C)[C@H](OC(C)=O)[C@@H]1C. The van der Waals surface area contributed by atoms with Crippen molar-refractivity contribution in [3.63, 3.8) is 0 Å². The number of primary amides is 1. The summed E-state index contributed by atoms with van der Waals surface area (Å²) in [5, 5.41) is 49.3. The molecular weight excluding hydrogens is 1410 g/mol. The first-order valence-corrected chi connectivity index (χ1v) is 37.4. The van der Waals surface area contributed by atoms with Gasteiger partial charge in [0.1, 0.15) is 35.4 Å². The largest absolute Gasteiger partial charge is 0.507 e. The van der Waals surface area contributed by atoms with Gasteiger partial charge in [-0.25, -0.2) is 14.6 Å². The standard InChI is InChI=1S/C80H103N9O20/c1-40(2)64(85-59(93)22-15-14-16-31-89-60(94)35-43(5)77(89)101)55(91)36-51(21-18-30-82-78(81)102)76(100)83-52-25-23-50(24-26-52)39-105-79(103)84-53-27-32-88(33-28-53)54-37-56(92)65-58(38-54)108-73-66(86-65)61-62-69(96)48(10)72-63(61)74(98)80(12,109-72)106-34-29-57(104-13)47(9)71(107-49(11)90)46(8)44(6)45(7)68(95)41(3)19-17-20-42(4)75(99)87-67(73)70(62)97/h17,19-20,23-26,29,34,37-38,40-41,43-47,51,53,57,64,68,71,95-96,98H,14-16,18,21-22,27-28,30-33,35-36,39H2,1-13H3,(H,83,100)(H,84,103)(H,85,93)(H,87,99)(H3,81,82,102)/b19-17+,34-29+,42-20-/t41-,43?,44+,45-,46+,47+,51+,57-,64-,68-,71-,80-/m0/s1. The number of rotatable bonds is 23. The second kappa shape index (κ2) is 35.7. The van der Waals surface area contributed by atoms with Gasteiger partial charge in [-0.15, -0.1) is 0 Å². The molecule has 2 fully saturated rings. The predicted molar refractivity (Wildman–Crippen MR) is 407 cm³/mol. The van der Waals surface area contributed by atoms with Crippen LogP contribution >= 0.6 is 0 Å². The van der Waals surface area contributed by atoms with E-state index in [2.05, 4.69) is 26.6 Å². The number of unbranched alkanes of at least 4 members (excludes halogenated alkanes) is 2. The number of nitrogens with two attached hydrogens (primary N) is 1. The number of allylic oxidation sites excluding steroid dienone is 2. The highest BCUT2D eigenvalue weighted by Crippen LogP contribution is 2.43. The summed E-state index contributed by atoms with van der Waals surface area (Å²) in [7, 11) is 1.48. The van der Waals surface area contributed by atoms with Crippen molar-refractivity contribution >= 4 is 109 Å². The third-order valence-electron chi connectivity index (χ3n) is 21.7. The van der Waals surface area contributed by atoms with Gasteiger partial charge in [0, 0.05) is 136 Å². The van der Waals surface area contributed by atoms with Crippen molar-refractivity contribution in [2.75, 3.05) is 48.8 Å². The highest BCUT2D eigenvalue weighted by molar-refractivity contribution is 6.17. The third-order valence-corrected chi connectivity index (χ3v) is 21.7. The van der Waals surface area contributed by atoms with Gasteiger partial charge in [0.2, 0.25) is 34.5 Å². The Hall–Kier alpha value is -10.4. The first-order chi connectivity index (χ1) is 51.6. The number of hydrogen-bond donors (Lipinski definition) is 9. The van der Waals surface area contributed by atoms with Gasteiger partial charge in [0.15, 0.2) is 28.2 Å². The van der Waals surface area contributed by atoms with Crippen LogP contribution in [0.2, 0.25) is 0 Å². The second-order valence-corrected chi connectivity index (χ2v) is 30.0. The highest BCUT2D eigenvalue weighted by atomic mass is 16.7. The number of carbonyl (C=O) groups excluding carboxylic acids is 9. The number of ether oxygens (including phenoxy) is 5. The Morgan fingerprint density at radius 1 is 0.872 bits per heavy atom.